The molecule has 2 heteroatoms. The summed E-state index contributed by atoms with van der Waals surface area (Å²) in [6.07, 6.45) is 1.26. The van der Waals surface area contributed by atoms with E-state index in [1.54, 1.807) is 0 Å². The minimum atomic E-state index is 0.476. The molecule has 2 N–H and O–H groups in total. The maximum Gasteiger partial charge on any atom is 0.00709 e. The number of hydrogen-bond acceptors (Lipinski definition) is 2. The van der Waals surface area contributed by atoms with Gasteiger partial charge in [-0.3, -0.25) is 0 Å². The van der Waals surface area contributed by atoms with E-state index in [0.717, 1.165) is 17.8 Å². The first-order chi connectivity index (χ1) is 6.09. The highest BCUT2D eigenvalue weighted by Gasteiger charge is 2.44. The van der Waals surface area contributed by atoms with Gasteiger partial charge in [-0.2, -0.15) is 0 Å². The van der Waals surface area contributed by atoms with E-state index in [2.05, 4.69) is 25.7 Å². The molecule has 1 saturated heterocycles. The van der Waals surface area contributed by atoms with Gasteiger partial charge in [0.15, 0.2) is 0 Å². The van der Waals surface area contributed by atoms with Crippen molar-refractivity contribution in [2.45, 2.75) is 39.3 Å². The van der Waals surface area contributed by atoms with Crippen molar-refractivity contribution in [1.82, 2.24) is 4.90 Å². The van der Waals surface area contributed by atoms with Crippen LogP contribution in [-0.2, 0) is 0 Å². The van der Waals surface area contributed by atoms with Crippen molar-refractivity contribution < 1.29 is 0 Å². The molecular formula is C11H22N2. The first-order valence-electron chi connectivity index (χ1n) is 5.59. The van der Waals surface area contributed by atoms with Crippen LogP contribution in [0.2, 0.25) is 0 Å². The second-order valence-electron chi connectivity index (χ2n) is 5.23. The van der Waals surface area contributed by atoms with E-state index < -0.39 is 0 Å². The third kappa shape index (κ3) is 1.50. The number of likely N-dealkylation sites (tertiary alicyclic amines) is 1. The molecule has 0 spiro atoms. The van der Waals surface area contributed by atoms with Gasteiger partial charge < -0.3 is 10.6 Å². The van der Waals surface area contributed by atoms with Crippen molar-refractivity contribution in [3.8, 4) is 0 Å². The second-order valence-corrected chi connectivity index (χ2v) is 5.23. The van der Waals surface area contributed by atoms with Gasteiger partial charge in [0.05, 0.1) is 0 Å². The molecule has 1 saturated carbocycles. The average Bonchev–Trinajstić information content (AvgIpc) is 2.55. The average molecular weight is 182 g/mol. The molecule has 0 radical (unpaired) electrons. The van der Waals surface area contributed by atoms with Gasteiger partial charge in [-0.1, -0.05) is 6.92 Å². The lowest BCUT2D eigenvalue weighted by molar-refractivity contribution is 0.239. The highest BCUT2D eigenvalue weighted by atomic mass is 15.2. The molecular weight excluding hydrogens is 160 g/mol. The van der Waals surface area contributed by atoms with Crippen molar-refractivity contribution in [3.05, 3.63) is 0 Å². The fraction of sp³-hybridized carbons (Fsp3) is 1.00. The highest BCUT2D eigenvalue weighted by molar-refractivity contribution is 4.98. The van der Waals surface area contributed by atoms with Crippen LogP contribution >= 0.6 is 0 Å². The largest absolute Gasteiger partial charge is 0.327 e. The summed E-state index contributed by atoms with van der Waals surface area (Å²) < 4.78 is 0. The number of hydrogen-bond donors (Lipinski definition) is 1. The Labute approximate surface area is 81.5 Å². The summed E-state index contributed by atoms with van der Waals surface area (Å²) in [5.41, 5.74) is 6.07. The van der Waals surface area contributed by atoms with Crippen LogP contribution in [0, 0.1) is 17.8 Å². The quantitative estimate of drug-likeness (QED) is 0.662. The van der Waals surface area contributed by atoms with Crippen LogP contribution in [0.25, 0.3) is 0 Å². The molecule has 2 aliphatic rings. The third-order valence-corrected chi connectivity index (χ3v) is 4.18. The van der Waals surface area contributed by atoms with E-state index in [4.69, 9.17) is 5.73 Å². The monoisotopic (exact) mass is 182 g/mol. The Morgan fingerprint density at radius 1 is 1.31 bits per heavy atom. The molecule has 0 aromatic carbocycles. The molecule has 4 atom stereocenters. The fourth-order valence-electron chi connectivity index (χ4n) is 3.08. The van der Waals surface area contributed by atoms with Gasteiger partial charge in [-0.05, 0) is 38.0 Å². The molecule has 1 aliphatic carbocycles. The molecule has 0 aromatic heterocycles. The Morgan fingerprint density at radius 2 is 2.00 bits per heavy atom. The van der Waals surface area contributed by atoms with Gasteiger partial charge in [0.1, 0.15) is 0 Å². The molecule has 0 aromatic rings. The fourth-order valence-corrected chi connectivity index (χ4v) is 3.08. The van der Waals surface area contributed by atoms with Gasteiger partial charge in [0.2, 0.25) is 0 Å². The topological polar surface area (TPSA) is 29.3 Å². The number of nitrogens with two attached hydrogens (primary N) is 1. The van der Waals surface area contributed by atoms with Gasteiger partial charge in [0.25, 0.3) is 0 Å². The van der Waals surface area contributed by atoms with Crippen molar-refractivity contribution in [2.24, 2.45) is 23.5 Å². The van der Waals surface area contributed by atoms with Gasteiger partial charge in [-0.25, -0.2) is 0 Å². The first kappa shape index (κ1) is 9.47. The molecule has 2 fully saturated rings. The smallest absolute Gasteiger partial charge is 0.00709 e. The van der Waals surface area contributed by atoms with Crippen molar-refractivity contribution >= 4 is 0 Å². The van der Waals surface area contributed by atoms with Crippen LogP contribution in [0.4, 0.5) is 0 Å². The van der Waals surface area contributed by atoms with E-state index in [-0.39, 0.29) is 0 Å². The van der Waals surface area contributed by atoms with Gasteiger partial charge in [0, 0.05) is 25.2 Å². The Kier molecular flexibility index (Phi) is 2.37. The molecule has 0 bridgehead atoms. The van der Waals surface area contributed by atoms with Crippen molar-refractivity contribution in [2.75, 3.05) is 13.1 Å². The molecule has 2 rings (SSSR count). The van der Waals surface area contributed by atoms with E-state index >= 15 is 0 Å². The summed E-state index contributed by atoms with van der Waals surface area (Å²) in [5.74, 6) is 2.53. The Hall–Kier alpha value is -0.0800. The predicted octanol–water partition coefficient (Wildman–Crippen LogP) is 1.31. The Balaban J connectivity index is 2.01. The summed E-state index contributed by atoms with van der Waals surface area (Å²) in [4.78, 5) is 2.61. The number of rotatable bonds is 1. The molecule has 13 heavy (non-hydrogen) atoms. The maximum absolute atomic E-state index is 6.07. The summed E-state index contributed by atoms with van der Waals surface area (Å²) >= 11 is 0. The van der Waals surface area contributed by atoms with E-state index in [0.29, 0.717) is 12.1 Å². The molecule has 76 valence electrons. The normalized spacial score (nSPS) is 45.9. The summed E-state index contributed by atoms with van der Waals surface area (Å²) in [6.45, 7) is 9.51. The van der Waals surface area contributed by atoms with Crippen molar-refractivity contribution in [3.63, 3.8) is 0 Å². The van der Waals surface area contributed by atoms with Crippen LogP contribution in [0.1, 0.15) is 27.2 Å². The number of fused-ring (bicyclic) bond motifs is 1. The SMILES string of the molecule is CC1C(N)CC2CN(C(C)C)CC21. The predicted molar refractivity (Wildman–Crippen MR) is 55.4 cm³/mol. The highest BCUT2D eigenvalue weighted by Crippen LogP contribution is 2.41. The lowest BCUT2D eigenvalue weighted by atomic mass is 9.93. The minimum Gasteiger partial charge on any atom is -0.327 e. The Bertz CT molecular complexity index is 191. The first-order valence-corrected chi connectivity index (χ1v) is 5.59. The summed E-state index contributed by atoms with van der Waals surface area (Å²) in [6, 6.07) is 1.19. The van der Waals surface area contributed by atoms with Crippen LogP contribution in [0.5, 0.6) is 0 Å². The van der Waals surface area contributed by atoms with Crippen LogP contribution in [-0.4, -0.2) is 30.1 Å². The lowest BCUT2D eigenvalue weighted by Gasteiger charge is -2.23. The molecule has 0 amide bonds. The molecule has 2 nitrogen and oxygen atoms in total. The standard InChI is InChI=1S/C11H22N2/c1-7(2)13-5-9-4-11(12)8(3)10(9)6-13/h7-11H,4-6,12H2,1-3H3. The van der Waals surface area contributed by atoms with Crippen molar-refractivity contribution in [1.29, 1.82) is 0 Å². The lowest BCUT2D eigenvalue weighted by Crippen LogP contribution is -2.33. The zero-order chi connectivity index (χ0) is 9.59. The molecule has 1 heterocycles. The van der Waals surface area contributed by atoms with E-state index in [1.165, 1.54) is 19.5 Å². The summed E-state index contributed by atoms with van der Waals surface area (Å²) in [7, 11) is 0. The zero-order valence-electron chi connectivity index (χ0n) is 9.03. The van der Waals surface area contributed by atoms with Gasteiger partial charge >= 0.3 is 0 Å². The zero-order valence-corrected chi connectivity index (χ0v) is 9.03. The van der Waals surface area contributed by atoms with E-state index in [1.807, 2.05) is 0 Å². The Morgan fingerprint density at radius 3 is 2.54 bits per heavy atom. The summed E-state index contributed by atoms with van der Waals surface area (Å²) in [5, 5.41) is 0. The van der Waals surface area contributed by atoms with Crippen LogP contribution in [0.3, 0.4) is 0 Å². The van der Waals surface area contributed by atoms with Crippen LogP contribution in [0.15, 0.2) is 0 Å². The maximum atomic E-state index is 6.07. The van der Waals surface area contributed by atoms with Crippen LogP contribution < -0.4 is 5.73 Å². The minimum absolute atomic E-state index is 0.476. The molecule has 4 unspecified atom stereocenters. The molecule has 1 aliphatic heterocycles. The number of nitrogens with zero attached hydrogens (tertiary/aromatic N) is 1. The second kappa shape index (κ2) is 3.25. The van der Waals surface area contributed by atoms with E-state index in [9.17, 15) is 0 Å². The third-order valence-electron chi connectivity index (χ3n) is 4.18. The van der Waals surface area contributed by atoms with Gasteiger partial charge in [-0.15, -0.1) is 0 Å².